The van der Waals surface area contributed by atoms with Crippen LogP contribution in [0.4, 0.5) is 0 Å². The first kappa shape index (κ1) is 22.4. The molecule has 2 N–H and O–H groups in total. The molecule has 0 saturated heterocycles. The third-order valence-electron chi connectivity index (χ3n) is 4.77. The second kappa shape index (κ2) is 10.1. The van der Waals surface area contributed by atoms with Crippen molar-refractivity contribution in [1.82, 2.24) is 5.32 Å². The molecular weight excluding hydrogens is 398 g/mol. The highest BCUT2D eigenvalue weighted by atomic mass is 16.5. The Kier molecular flexibility index (Phi) is 7.31. The molecule has 2 aromatic carbocycles. The first-order valence-electron chi connectivity index (χ1n) is 10.1. The zero-order valence-electron chi connectivity index (χ0n) is 17.9. The number of hydrogen-bond acceptors (Lipinski definition) is 6. The van der Waals surface area contributed by atoms with Crippen molar-refractivity contribution in [3.63, 3.8) is 0 Å². The Labute approximate surface area is 181 Å². The number of carbonyl (C=O) groups is 2. The molecule has 1 aliphatic heterocycles. The summed E-state index contributed by atoms with van der Waals surface area (Å²) in [5.74, 6) is 1.56. The Morgan fingerprint density at radius 2 is 1.87 bits per heavy atom. The number of benzene rings is 2. The van der Waals surface area contributed by atoms with Gasteiger partial charge in [0.05, 0.1) is 25.3 Å². The van der Waals surface area contributed by atoms with Gasteiger partial charge >= 0.3 is 0 Å². The molecule has 1 amide bonds. The Balaban J connectivity index is 1.62. The van der Waals surface area contributed by atoms with Crippen LogP contribution in [0.2, 0.25) is 0 Å². The van der Waals surface area contributed by atoms with Crippen LogP contribution < -0.4 is 19.5 Å². The number of ketones is 1. The Morgan fingerprint density at radius 3 is 2.52 bits per heavy atom. The van der Waals surface area contributed by atoms with Gasteiger partial charge < -0.3 is 24.6 Å². The molecule has 0 bridgehead atoms. The van der Waals surface area contributed by atoms with E-state index in [4.69, 9.17) is 14.2 Å². The smallest absolute Gasteiger partial charge is 0.258 e. The molecule has 0 spiro atoms. The number of Topliss-reactive ketones (excluding diaryl/α,β-unsaturated/α-hetero) is 1. The highest BCUT2D eigenvalue weighted by molar-refractivity contribution is 6.14. The molecule has 0 saturated carbocycles. The Hall–Kier alpha value is -3.32. The van der Waals surface area contributed by atoms with Crippen LogP contribution in [0.25, 0.3) is 6.08 Å². The lowest BCUT2D eigenvalue weighted by Crippen LogP contribution is -2.40. The summed E-state index contributed by atoms with van der Waals surface area (Å²) in [6.45, 7) is 3.72. The quantitative estimate of drug-likeness (QED) is 0.599. The number of ether oxygens (including phenoxy) is 3. The fourth-order valence-corrected chi connectivity index (χ4v) is 3.27. The van der Waals surface area contributed by atoms with Gasteiger partial charge in [0.25, 0.3) is 5.91 Å². The number of allylic oxidation sites excluding steroid dienone is 1. The minimum Gasteiger partial charge on any atom is -0.497 e. The standard InChI is InChI=1S/C24H27NO6/c1-15(2)10-17(13-26)25-23(27)14-30-19-8-9-20-21(12-19)31-22(24(20)28)11-16-4-6-18(29-3)7-5-16/h4-9,11-12,15,17,26H,10,13-14H2,1-3H3,(H,25,27)/t17-/m0/s1. The van der Waals surface area contributed by atoms with Crippen molar-refractivity contribution >= 4 is 17.8 Å². The molecule has 0 radical (unpaired) electrons. The van der Waals surface area contributed by atoms with Crippen LogP contribution >= 0.6 is 0 Å². The fraction of sp³-hybridized carbons (Fsp3) is 0.333. The van der Waals surface area contributed by atoms with Crippen molar-refractivity contribution in [2.24, 2.45) is 5.92 Å². The predicted octanol–water partition coefficient (Wildman–Crippen LogP) is 3.21. The third kappa shape index (κ3) is 5.86. The number of nitrogens with one attached hydrogen (secondary N) is 1. The van der Waals surface area contributed by atoms with E-state index in [0.29, 0.717) is 29.4 Å². The molecule has 0 unspecified atom stereocenters. The van der Waals surface area contributed by atoms with Crippen LogP contribution in [-0.2, 0) is 4.79 Å². The number of hydrogen-bond donors (Lipinski definition) is 2. The highest BCUT2D eigenvalue weighted by Gasteiger charge is 2.27. The maximum absolute atomic E-state index is 12.6. The molecule has 2 aromatic rings. The number of amides is 1. The summed E-state index contributed by atoms with van der Waals surface area (Å²) in [6.07, 6.45) is 2.35. The van der Waals surface area contributed by atoms with Gasteiger partial charge in [-0.25, -0.2) is 0 Å². The maximum Gasteiger partial charge on any atom is 0.258 e. The first-order chi connectivity index (χ1) is 14.9. The Bertz CT molecular complexity index is 965. The van der Waals surface area contributed by atoms with Crippen LogP contribution in [0.15, 0.2) is 48.2 Å². The summed E-state index contributed by atoms with van der Waals surface area (Å²) in [6, 6.07) is 11.8. The molecule has 7 nitrogen and oxygen atoms in total. The van der Waals surface area contributed by atoms with Crippen LogP contribution in [0.1, 0.15) is 36.2 Å². The molecule has 0 fully saturated rings. The summed E-state index contributed by atoms with van der Waals surface area (Å²) >= 11 is 0. The van der Waals surface area contributed by atoms with E-state index >= 15 is 0 Å². The van der Waals surface area contributed by atoms with E-state index in [9.17, 15) is 14.7 Å². The minimum atomic E-state index is -0.322. The van der Waals surface area contributed by atoms with Gasteiger partial charge in [0, 0.05) is 6.07 Å². The van der Waals surface area contributed by atoms with Crippen LogP contribution in [0.3, 0.4) is 0 Å². The second-order valence-electron chi connectivity index (χ2n) is 7.74. The molecule has 1 heterocycles. The first-order valence-corrected chi connectivity index (χ1v) is 10.1. The number of fused-ring (bicyclic) bond motifs is 1. The third-order valence-corrected chi connectivity index (χ3v) is 4.77. The molecule has 0 aromatic heterocycles. The topological polar surface area (TPSA) is 94.1 Å². The van der Waals surface area contributed by atoms with Gasteiger partial charge in [-0.1, -0.05) is 26.0 Å². The van der Waals surface area contributed by atoms with Gasteiger partial charge in [0.15, 0.2) is 12.4 Å². The molecule has 31 heavy (non-hydrogen) atoms. The molecule has 0 aliphatic carbocycles. The van der Waals surface area contributed by atoms with Crippen molar-refractivity contribution in [3.05, 3.63) is 59.4 Å². The molecule has 1 atom stereocenters. The van der Waals surface area contributed by atoms with Crippen molar-refractivity contribution in [2.45, 2.75) is 26.3 Å². The largest absolute Gasteiger partial charge is 0.497 e. The van der Waals surface area contributed by atoms with E-state index in [-0.39, 0.29) is 36.7 Å². The number of carbonyl (C=O) groups excluding carboxylic acids is 2. The Morgan fingerprint density at radius 1 is 1.16 bits per heavy atom. The predicted molar refractivity (Wildman–Crippen MR) is 116 cm³/mol. The van der Waals surface area contributed by atoms with Crippen molar-refractivity contribution in [1.29, 1.82) is 0 Å². The van der Waals surface area contributed by atoms with E-state index < -0.39 is 0 Å². The van der Waals surface area contributed by atoms with E-state index in [1.807, 2.05) is 26.0 Å². The average Bonchev–Trinajstić information content (AvgIpc) is 3.06. The normalized spacial score (nSPS) is 14.9. The van der Waals surface area contributed by atoms with Gasteiger partial charge in [0.2, 0.25) is 5.78 Å². The molecule has 3 rings (SSSR count). The van der Waals surface area contributed by atoms with E-state index in [1.54, 1.807) is 43.5 Å². The fourth-order valence-electron chi connectivity index (χ4n) is 3.27. The van der Waals surface area contributed by atoms with Crippen molar-refractivity contribution < 1.29 is 28.9 Å². The van der Waals surface area contributed by atoms with E-state index in [0.717, 1.165) is 11.3 Å². The number of aliphatic hydroxyl groups is 1. The van der Waals surface area contributed by atoms with Crippen LogP contribution in [-0.4, -0.2) is 43.2 Å². The van der Waals surface area contributed by atoms with Crippen LogP contribution in [0, 0.1) is 5.92 Å². The maximum atomic E-state index is 12.6. The summed E-state index contributed by atoms with van der Waals surface area (Å²) in [4.78, 5) is 24.7. The number of rotatable bonds is 9. The van der Waals surface area contributed by atoms with Crippen LogP contribution in [0.5, 0.6) is 17.2 Å². The SMILES string of the molecule is COc1ccc(C=C2Oc3cc(OCC(=O)N[C@H](CO)CC(C)C)ccc3C2=O)cc1. The molecule has 164 valence electrons. The second-order valence-corrected chi connectivity index (χ2v) is 7.74. The van der Waals surface area contributed by atoms with Gasteiger partial charge in [-0.15, -0.1) is 0 Å². The minimum absolute atomic E-state index is 0.123. The van der Waals surface area contributed by atoms with Gasteiger partial charge in [-0.2, -0.15) is 0 Å². The number of aliphatic hydroxyl groups excluding tert-OH is 1. The summed E-state index contributed by atoms with van der Waals surface area (Å²) in [5, 5.41) is 12.1. The monoisotopic (exact) mass is 425 g/mol. The zero-order chi connectivity index (χ0) is 22.4. The zero-order valence-corrected chi connectivity index (χ0v) is 17.9. The summed E-state index contributed by atoms with van der Waals surface area (Å²) in [7, 11) is 1.59. The average molecular weight is 425 g/mol. The van der Waals surface area contributed by atoms with Gasteiger partial charge in [-0.3, -0.25) is 9.59 Å². The van der Waals surface area contributed by atoms with Gasteiger partial charge in [-0.05, 0) is 48.2 Å². The number of methoxy groups -OCH3 is 1. The summed E-state index contributed by atoms with van der Waals surface area (Å²) < 4.78 is 16.4. The molecule has 1 aliphatic rings. The molecular formula is C24H27NO6. The summed E-state index contributed by atoms with van der Waals surface area (Å²) in [5.41, 5.74) is 1.25. The van der Waals surface area contributed by atoms with Crippen molar-refractivity contribution in [2.75, 3.05) is 20.3 Å². The lowest BCUT2D eigenvalue weighted by molar-refractivity contribution is -0.124. The molecule has 7 heteroatoms. The highest BCUT2D eigenvalue weighted by Crippen LogP contribution is 2.35. The van der Waals surface area contributed by atoms with Crippen molar-refractivity contribution in [3.8, 4) is 17.2 Å². The lowest BCUT2D eigenvalue weighted by atomic mass is 10.0. The van der Waals surface area contributed by atoms with Gasteiger partial charge in [0.1, 0.15) is 17.2 Å². The van der Waals surface area contributed by atoms with E-state index in [1.165, 1.54) is 0 Å². The van der Waals surface area contributed by atoms with E-state index in [2.05, 4.69) is 5.32 Å². The lowest BCUT2D eigenvalue weighted by Gasteiger charge is -2.18.